The Balaban J connectivity index is 1.82. The second-order valence-corrected chi connectivity index (χ2v) is 6.59. The molecule has 0 bridgehead atoms. The summed E-state index contributed by atoms with van der Waals surface area (Å²) < 4.78 is 7.16. The molecule has 3 rings (SSSR count). The number of pyridine rings is 1. The van der Waals surface area contributed by atoms with Crippen molar-refractivity contribution < 1.29 is 9.53 Å². The van der Waals surface area contributed by atoms with Gasteiger partial charge in [0.05, 0.1) is 25.8 Å². The van der Waals surface area contributed by atoms with Gasteiger partial charge >= 0.3 is 0 Å². The Morgan fingerprint density at radius 3 is 2.72 bits per heavy atom. The van der Waals surface area contributed by atoms with Crippen LogP contribution >= 0.6 is 0 Å². The minimum Gasteiger partial charge on any atom is -0.497 e. The summed E-state index contributed by atoms with van der Waals surface area (Å²) in [6.07, 6.45) is 2.86. The standard InChI is InChI=1S/C19H25N3O3/c1-14-11-19(24)22(18-12-16(25-2)3-4-17(14)18)13-21-8-5-15(6-9-21)20-7-10-23/h3-4,10-12,15,20H,5-9,13H2,1-2H3. The maximum atomic E-state index is 12.6. The summed E-state index contributed by atoms with van der Waals surface area (Å²) in [4.78, 5) is 25.3. The summed E-state index contributed by atoms with van der Waals surface area (Å²) in [7, 11) is 1.64. The van der Waals surface area contributed by atoms with Gasteiger partial charge < -0.3 is 14.8 Å². The van der Waals surface area contributed by atoms with Gasteiger partial charge in [0, 0.05) is 36.7 Å². The zero-order valence-electron chi connectivity index (χ0n) is 14.8. The summed E-state index contributed by atoms with van der Waals surface area (Å²) in [5, 5.41) is 4.31. The number of likely N-dealkylation sites (tertiary alicyclic amines) is 1. The number of aldehydes is 1. The van der Waals surface area contributed by atoms with Crippen LogP contribution in [0.3, 0.4) is 0 Å². The fourth-order valence-electron chi connectivity index (χ4n) is 3.49. The third-order valence-electron chi connectivity index (χ3n) is 4.95. The van der Waals surface area contributed by atoms with Crippen LogP contribution < -0.4 is 15.6 Å². The highest BCUT2D eigenvalue weighted by Gasteiger charge is 2.19. The third-order valence-corrected chi connectivity index (χ3v) is 4.95. The van der Waals surface area contributed by atoms with Crippen LogP contribution in [0.15, 0.2) is 29.1 Å². The van der Waals surface area contributed by atoms with E-state index in [0.717, 1.165) is 54.4 Å². The lowest BCUT2D eigenvalue weighted by atomic mass is 10.1. The first kappa shape index (κ1) is 17.6. The molecule has 0 aliphatic carbocycles. The Labute approximate surface area is 147 Å². The van der Waals surface area contributed by atoms with E-state index in [4.69, 9.17) is 4.74 Å². The fourth-order valence-corrected chi connectivity index (χ4v) is 3.49. The minimum absolute atomic E-state index is 0.0134. The highest BCUT2D eigenvalue weighted by molar-refractivity contribution is 5.83. The molecule has 0 radical (unpaired) electrons. The smallest absolute Gasteiger partial charge is 0.252 e. The maximum absolute atomic E-state index is 12.6. The van der Waals surface area contributed by atoms with E-state index in [0.29, 0.717) is 19.3 Å². The maximum Gasteiger partial charge on any atom is 0.252 e. The first-order chi connectivity index (χ1) is 12.1. The zero-order chi connectivity index (χ0) is 17.8. The Morgan fingerprint density at radius 1 is 1.28 bits per heavy atom. The lowest BCUT2D eigenvalue weighted by molar-refractivity contribution is -0.107. The lowest BCUT2D eigenvalue weighted by Crippen LogP contribution is -2.44. The molecule has 1 fully saturated rings. The van der Waals surface area contributed by atoms with E-state index < -0.39 is 0 Å². The van der Waals surface area contributed by atoms with Crippen molar-refractivity contribution >= 4 is 17.2 Å². The van der Waals surface area contributed by atoms with Crippen LogP contribution in [-0.2, 0) is 11.5 Å². The van der Waals surface area contributed by atoms with Crippen LogP contribution in [0, 0.1) is 6.92 Å². The molecule has 6 heteroatoms. The Hall–Kier alpha value is -2.18. The van der Waals surface area contributed by atoms with Crippen molar-refractivity contribution in [2.75, 3.05) is 26.7 Å². The molecule has 1 aliphatic heterocycles. The Morgan fingerprint density at radius 2 is 2.04 bits per heavy atom. The molecule has 1 saturated heterocycles. The molecule has 0 unspecified atom stereocenters. The lowest BCUT2D eigenvalue weighted by Gasteiger charge is -2.32. The predicted molar refractivity (Wildman–Crippen MR) is 98.2 cm³/mol. The fraction of sp³-hybridized carbons (Fsp3) is 0.474. The normalized spacial score (nSPS) is 16.2. The number of piperidine rings is 1. The van der Waals surface area contributed by atoms with Gasteiger partial charge in [-0.25, -0.2) is 0 Å². The van der Waals surface area contributed by atoms with Gasteiger partial charge in [0.25, 0.3) is 5.56 Å². The number of benzene rings is 1. The second kappa shape index (κ2) is 7.80. The number of hydrogen-bond donors (Lipinski definition) is 1. The summed E-state index contributed by atoms with van der Waals surface area (Å²) in [6, 6.07) is 7.95. The van der Waals surface area contributed by atoms with Gasteiger partial charge in [0.15, 0.2) is 0 Å². The summed E-state index contributed by atoms with van der Waals surface area (Å²) >= 11 is 0. The van der Waals surface area contributed by atoms with Gasteiger partial charge in [-0.15, -0.1) is 0 Å². The van der Waals surface area contributed by atoms with Gasteiger partial charge in [-0.2, -0.15) is 0 Å². The number of rotatable bonds is 6. The van der Waals surface area contributed by atoms with E-state index in [1.165, 1.54) is 0 Å². The minimum atomic E-state index is 0.0134. The molecule has 0 amide bonds. The number of aryl methyl sites for hydroxylation is 1. The summed E-state index contributed by atoms with van der Waals surface area (Å²) in [5.74, 6) is 0.753. The topological polar surface area (TPSA) is 63.6 Å². The predicted octanol–water partition coefficient (Wildman–Crippen LogP) is 1.53. The van der Waals surface area contributed by atoms with Gasteiger partial charge in [-0.1, -0.05) is 0 Å². The van der Waals surface area contributed by atoms with E-state index >= 15 is 0 Å². The van der Waals surface area contributed by atoms with E-state index in [-0.39, 0.29) is 5.56 Å². The first-order valence-electron chi connectivity index (χ1n) is 8.70. The Bertz CT molecular complexity index is 807. The molecule has 1 aromatic carbocycles. The van der Waals surface area contributed by atoms with Crippen molar-refractivity contribution in [2.24, 2.45) is 0 Å². The van der Waals surface area contributed by atoms with Gasteiger partial charge in [-0.05, 0) is 37.5 Å². The molecule has 134 valence electrons. The monoisotopic (exact) mass is 343 g/mol. The van der Waals surface area contributed by atoms with Gasteiger partial charge in [0.2, 0.25) is 0 Å². The molecule has 1 aromatic heterocycles. The molecule has 1 aliphatic rings. The molecule has 25 heavy (non-hydrogen) atoms. The number of nitrogens with one attached hydrogen (secondary N) is 1. The molecule has 6 nitrogen and oxygen atoms in total. The van der Waals surface area contributed by atoms with Gasteiger partial charge in [0.1, 0.15) is 12.0 Å². The number of carbonyl (C=O) groups excluding carboxylic acids is 1. The number of ether oxygens (including phenoxy) is 1. The van der Waals surface area contributed by atoms with Crippen molar-refractivity contribution in [3.8, 4) is 5.75 Å². The van der Waals surface area contributed by atoms with Crippen LogP contribution in [0.2, 0.25) is 0 Å². The first-order valence-corrected chi connectivity index (χ1v) is 8.70. The van der Waals surface area contributed by atoms with E-state index in [1.54, 1.807) is 13.2 Å². The highest BCUT2D eigenvalue weighted by Crippen LogP contribution is 2.23. The number of fused-ring (bicyclic) bond motifs is 1. The number of aromatic nitrogens is 1. The molecule has 0 spiro atoms. The van der Waals surface area contributed by atoms with Crippen LogP contribution in [-0.4, -0.2) is 48.5 Å². The molecule has 2 aromatic rings. The van der Waals surface area contributed by atoms with Crippen molar-refractivity contribution in [1.82, 2.24) is 14.8 Å². The molecule has 1 N–H and O–H groups in total. The number of hydrogen-bond acceptors (Lipinski definition) is 5. The van der Waals surface area contributed by atoms with E-state index in [2.05, 4.69) is 10.2 Å². The van der Waals surface area contributed by atoms with Crippen molar-refractivity contribution in [3.63, 3.8) is 0 Å². The quantitative estimate of drug-likeness (QED) is 0.806. The van der Waals surface area contributed by atoms with Crippen molar-refractivity contribution in [3.05, 3.63) is 40.2 Å². The second-order valence-electron chi connectivity index (χ2n) is 6.59. The van der Waals surface area contributed by atoms with Gasteiger partial charge in [-0.3, -0.25) is 14.3 Å². The van der Waals surface area contributed by atoms with Crippen LogP contribution in [0.4, 0.5) is 0 Å². The average Bonchev–Trinajstić information content (AvgIpc) is 2.64. The van der Waals surface area contributed by atoms with Crippen LogP contribution in [0.25, 0.3) is 10.9 Å². The summed E-state index contributed by atoms with van der Waals surface area (Å²) in [5.41, 5.74) is 1.90. The van der Waals surface area contributed by atoms with E-state index in [9.17, 15) is 9.59 Å². The van der Waals surface area contributed by atoms with Crippen LogP contribution in [0.5, 0.6) is 5.75 Å². The Kier molecular flexibility index (Phi) is 5.50. The largest absolute Gasteiger partial charge is 0.497 e. The SMILES string of the molecule is COc1ccc2c(C)cc(=O)n(CN3CCC(NCC=O)CC3)c2c1. The molecule has 0 saturated carbocycles. The summed E-state index contributed by atoms with van der Waals surface area (Å²) in [6.45, 7) is 4.76. The molecule has 2 heterocycles. The number of methoxy groups -OCH3 is 1. The zero-order valence-corrected chi connectivity index (χ0v) is 14.8. The van der Waals surface area contributed by atoms with Crippen molar-refractivity contribution in [2.45, 2.75) is 32.5 Å². The third kappa shape index (κ3) is 3.91. The highest BCUT2D eigenvalue weighted by atomic mass is 16.5. The van der Waals surface area contributed by atoms with E-state index in [1.807, 2.05) is 29.7 Å². The molecular weight excluding hydrogens is 318 g/mol. The van der Waals surface area contributed by atoms with Crippen molar-refractivity contribution in [1.29, 1.82) is 0 Å². The van der Waals surface area contributed by atoms with Crippen LogP contribution in [0.1, 0.15) is 18.4 Å². The molecular formula is C19H25N3O3. The number of nitrogens with zero attached hydrogens (tertiary/aromatic N) is 2. The number of carbonyl (C=O) groups is 1. The average molecular weight is 343 g/mol. The molecule has 0 atom stereocenters.